The monoisotopic (exact) mass is 196 g/mol. The predicted octanol–water partition coefficient (Wildman–Crippen LogP) is 3.02. The second-order valence-corrected chi connectivity index (χ2v) is 4.28. The smallest absolute Gasteiger partial charge is 0.0899 e. The van der Waals surface area contributed by atoms with E-state index in [0.29, 0.717) is 0 Å². The molecule has 1 aliphatic carbocycles. The van der Waals surface area contributed by atoms with E-state index < -0.39 is 5.60 Å². The van der Waals surface area contributed by atoms with Crippen molar-refractivity contribution in [2.75, 3.05) is 0 Å². The highest BCUT2D eigenvalue weighted by Crippen LogP contribution is 2.42. The van der Waals surface area contributed by atoms with E-state index in [0.717, 1.165) is 35.4 Å². The van der Waals surface area contributed by atoms with Crippen LogP contribution in [0.2, 0.25) is 5.02 Å². The van der Waals surface area contributed by atoms with Gasteiger partial charge in [-0.25, -0.2) is 0 Å². The maximum absolute atomic E-state index is 10.1. The van der Waals surface area contributed by atoms with Crippen molar-refractivity contribution in [2.45, 2.75) is 31.8 Å². The van der Waals surface area contributed by atoms with E-state index in [4.69, 9.17) is 11.6 Å². The third-order valence-corrected chi connectivity index (χ3v) is 3.11. The molecular weight excluding hydrogens is 184 g/mol. The molecule has 0 unspecified atom stereocenters. The summed E-state index contributed by atoms with van der Waals surface area (Å²) in [6.07, 6.45) is 2.89. The van der Waals surface area contributed by atoms with Gasteiger partial charge in [0.1, 0.15) is 0 Å². The van der Waals surface area contributed by atoms with Crippen LogP contribution in [0.1, 0.15) is 30.4 Å². The van der Waals surface area contributed by atoms with Crippen LogP contribution in [-0.2, 0) is 5.60 Å². The zero-order chi connectivity index (χ0) is 9.47. The molecule has 1 N–H and O–H groups in total. The minimum Gasteiger partial charge on any atom is -0.385 e. The molecule has 1 nitrogen and oxygen atoms in total. The van der Waals surface area contributed by atoms with E-state index >= 15 is 0 Å². The van der Waals surface area contributed by atoms with Crippen LogP contribution in [0.5, 0.6) is 0 Å². The fourth-order valence-corrected chi connectivity index (χ4v) is 2.16. The second-order valence-electron chi connectivity index (χ2n) is 3.84. The maximum atomic E-state index is 10.1. The van der Waals surface area contributed by atoms with Gasteiger partial charge in [-0.3, -0.25) is 0 Å². The van der Waals surface area contributed by atoms with E-state index in [9.17, 15) is 5.11 Å². The van der Waals surface area contributed by atoms with Gasteiger partial charge in [-0.05, 0) is 49.4 Å². The molecular formula is C11H13ClO. The molecule has 1 aromatic rings. The summed E-state index contributed by atoms with van der Waals surface area (Å²) in [5.41, 5.74) is 1.58. The first-order valence-electron chi connectivity index (χ1n) is 4.61. The standard InChI is InChI=1S/C11H13ClO/c1-8-7-9(12)3-4-10(8)11(13)5-2-6-11/h3-4,7,13H,2,5-6H2,1H3. The third-order valence-electron chi connectivity index (χ3n) is 2.87. The SMILES string of the molecule is Cc1cc(Cl)ccc1C1(O)CCC1. The lowest BCUT2D eigenvalue weighted by Gasteiger charge is -2.38. The quantitative estimate of drug-likeness (QED) is 0.732. The Morgan fingerprint density at radius 1 is 1.38 bits per heavy atom. The third kappa shape index (κ3) is 1.47. The van der Waals surface area contributed by atoms with Crippen LogP contribution in [0, 0.1) is 6.92 Å². The Hall–Kier alpha value is -0.530. The molecule has 0 saturated heterocycles. The van der Waals surface area contributed by atoms with Crippen molar-refractivity contribution in [2.24, 2.45) is 0 Å². The number of aryl methyl sites for hydroxylation is 1. The average Bonchev–Trinajstić information content (AvgIpc) is 2.00. The lowest BCUT2D eigenvalue weighted by molar-refractivity contribution is -0.0393. The van der Waals surface area contributed by atoms with Crippen molar-refractivity contribution in [3.63, 3.8) is 0 Å². The molecule has 2 rings (SSSR count). The molecule has 0 atom stereocenters. The van der Waals surface area contributed by atoms with Gasteiger partial charge in [0, 0.05) is 5.02 Å². The van der Waals surface area contributed by atoms with Gasteiger partial charge >= 0.3 is 0 Å². The Kier molecular flexibility index (Phi) is 2.09. The molecule has 0 aromatic heterocycles. The van der Waals surface area contributed by atoms with Crippen LogP contribution < -0.4 is 0 Å². The minimum absolute atomic E-state index is 0.561. The van der Waals surface area contributed by atoms with Gasteiger partial charge in [-0.2, -0.15) is 0 Å². The number of halogens is 1. The van der Waals surface area contributed by atoms with Crippen molar-refractivity contribution >= 4 is 11.6 Å². The lowest BCUT2D eigenvalue weighted by Crippen LogP contribution is -2.34. The summed E-state index contributed by atoms with van der Waals surface area (Å²) in [7, 11) is 0. The largest absolute Gasteiger partial charge is 0.385 e. The Bertz CT molecular complexity index is 329. The number of hydrogen-bond acceptors (Lipinski definition) is 1. The highest BCUT2D eigenvalue weighted by Gasteiger charge is 2.37. The van der Waals surface area contributed by atoms with Crippen molar-refractivity contribution in [3.8, 4) is 0 Å². The van der Waals surface area contributed by atoms with Crippen LogP contribution >= 0.6 is 11.6 Å². The van der Waals surface area contributed by atoms with Gasteiger partial charge < -0.3 is 5.11 Å². The fourth-order valence-electron chi connectivity index (χ4n) is 1.93. The molecule has 1 fully saturated rings. The molecule has 0 spiro atoms. The fraction of sp³-hybridized carbons (Fsp3) is 0.455. The molecule has 0 heterocycles. The molecule has 70 valence electrons. The topological polar surface area (TPSA) is 20.2 Å². The van der Waals surface area contributed by atoms with Crippen molar-refractivity contribution in [1.82, 2.24) is 0 Å². The molecule has 0 amide bonds. The van der Waals surface area contributed by atoms with Gasteiger partial charge in [-0.15, -0.1) is 0 Å². The van der Waals surface area contributed by atoms with E-state index in [1.54, 1.807) is 0 Å². The zero-order valence-electron chi connectivity index (χ0n) is 7.68. The highest BCUT2D eigenvalue weighted by atomic mass is 35.5. The van der Waals surface area contributed by atoms with E-state index in [1.165, 1.54) is 0 Å². The van der Waals surface area contributed by atoms with Crippen molar-refractivity contribution < 1.29 is 5.11 Å². The lowest BCUT2D eigenvalue weighted by atomic mass is 9.74. The Labute approximate surface area is 83.3 Å². The first kappa shape index (κ1) is 9.04. The van der Waals surface area contributed by atoms with Crippen LogP contribution in [0.3, 0.4) is 0 Å². The summed E-state index contributed by atoms with van der Waals surface area (Å²) in [4.78, 5) is 0. The maximum Gasteiger partial charge on any atom is 0.0899 e. The van der Waals surface area contributed by atoms with E-state index in [2.05, 4.69) is 0 Å². The number of benzene rings is 1. The van der Waals surface area contributed by atoms with Gasteiger partial charge in [0.2, 0.25) is 0 Å². The Morgan fingerprint density at radius 3 is 2.54 bits per heavy atom. The molecule has 13 heavy (non-hydrogen) atoms. The molecule has 0 bridgehead atoms. The number of hydrogen-bond donors (Lipinski definition) is 1. The Morgan fingerprint density at radius 2 is 2.08 bits per heavy atom. The molecule has 2 heteroatoms. The summed E-state index contributed by atoms with van der Waals surface area (Å²) in [5, 5.41) is 10.8. The normalized spacial score (nSPS) is 19.6. The van der Waals surface area contributed by atoms with E-state index in [-0.39, 0.29) is 0 Å². The van der Waals surface area contributed by atoms with E-state index in [1.807, 2.05) is 25.1 Å². The average molecular weight is 197 g/mol. The van der Waals surface area contributed by atoms with Crippen LogP contribution in [0.15, 0.2) is 18.2 Å². The number of aliphatic hydroxyl groups is 1. The van der Waals surface area contributed by atoms with Crippen LogP contribution in [0.4, 0.5) is 0 Å². The van der Waals surface area contributed by atoms with Crippen LogP contribution in [0.25, 0.3) is 0 Å². The summed E-state index contributed by atoms with van der Waals surface area (Å²) < 4.78 is 0. The second kappa shape index (κ2) is 3.00. The zero-order valence-corrected chi connectivity index (χ0v) is 8.43. The number of rotatable bonds is 1. The Balaban J connectivity index is 2.40. The predicted molar refractivity (Wildman–Crippen MR) is 53.9 cm³/mol. The summed E-state index contributed by atoms with van der Waals surface area (Å²) >= 11 is 5.85. The molecule has 1 aliphatic rings. The first-order valence-corrected chi connectivity index (χ1v) is 4.99. The molecule has 1 aromatic carbocycles. The molecule has 0 aliphatic heterocycles. The summed E-state index contributed by atoms with van der Waals surface area (Å²) in [6.45, 7) is 2.00. The molecule has 0 radical (unpaired) electrons. The van der Waals surface area contributed by atoms with Gasteiger partial charge in [0.15, 0.2) is 0 Å². The van der Waals surface area contributed by atoms with Crippen molar-refractivity contribution in [3.05, 3.63) is 34.3 Å². The minimum atomic E-state index is -0.561. The van der Waals surface area contributed by atoms with Gasteiger partial charge in [-0.1, -0.05) is 17.7 Å². The first-order chi connectivity index (χ1) is 6.12. The van der Waals surface area contributed by atoms with Crippen molar-refractivity contribution in [1.29, 1.82) is 0 Å². The summed E-state index contributed by atoms with van der Waals surface area (Å²) in [6, 6.07) is 5.70. The molecule has 1 saturated carbocycles. The summed E-state index contributed by atoms with van der Waals surface area (Å²) in [5.74, 6) is 0. The highest BCUT2D eigenvalue weighted by molar-refractivity contribution is 6.30. The van der Waals surface area contributed by atoms with Crippen LogP contribution in [-0.4, -0.2) is 5.11 Å². The van der Waals surface area contributed by atoms with Gasteiger partial charge in [0.25, 0.3) is 0 Å². The van der Waals surface area contributed by atoms with Gasteiger partial charge in [0.05, 0.1) is 5.60 Å².